The number of hydrogen-bond acceptors (Lipinski definition) is 3. The van der Waals surface area contributed by atoms with Gasteiger partial charge in [0.1, 0.15) is 5.82 Å². The topological polar surface area (TPSA) is 76.8 Å². The van der Waals surface area contributed by atoms with Crippen LogP contribution in [0, 0.1) is 12.8 Å². The van der Waals surface area contributed by atoms with E-state index in [9.17, 15) is 4.79 Å². The molecule has 2 aromatic rings. The third kappa shape index (κ3) is 3.07. The number of nitrogens with one attached hydrogen (secondary N) is 2. The van der Waals surface area contributed by atoms with E-state index >= 15 is 0 Å². The van der Waals surface area contributed by atoms with E-state index in [0.29, 0.717) is 18.3 Å². The fourth-order valence-electron chi connectivity index (χ4n) is 2.61. The van der Waals surface area contributed by atoms with E-state index in [-0.39, 0.29) is 6.03 Å². The molecule has 0 aromatic carbocycles. The van der Waals surface area contributed by atoms with Gasteiger partial charge in [-0.15, -0.1) is 0 Å². The number of carbonyl (C=O) groups is 1. The lowest BCUT2D eigenvalue weighted by molar-refractivity contribution is 0.248. The average Bonchev–Trinajstić information content (AvgIpc) is 3.03. The molecular formula is C14H20N6O. The highest BCUT2D eigenvalue weighted by atomic mass is 16.2. The van der Waals surface area contributed by atoms with Crippen LogP contribution in [0.2, 0.25) is 0 Å². The molecule has 1 aliphatic heterocycles. The first-order valence-electron chi connectivity index (χ1n) is 7.17. The number of anilines is 1. The van der Waals surface area contributed by atoms with Crippen LogP contribution in [-0.2, 0) is 20.0 Å². The Balaban J connectivity index is 1.48. The molecule has 0 fully saturated rings. The molecule has 1 atom stereocenters. The number of aromatic nitrogens is 4. The molecule has 2 amide bonds. The van der Waals surface area contributed by atoms with Gasteiger partial charge in [0.05, 0.1) is 0 Å². The minimum Gasteiger partial charge on any atom is -0.338 e. The van der Waals surface area contributed by atoms with Gasteiger partial charge in [-0.2, -0.15) is 5.10 Å². The largest absolute Gasteiger partial charge is 0.338 e. The fraction of sp³-hybridized carbons (Fsp3) is 0.500. The molecule has 112 valence electrons. The molecule has 0 radical (unpaired) electrons. The second-order valence-electron chi connectivity index (χ2n) is 5.53. The molecule has 3 rings (SSSR count). The van der Waals surface area contributed by atoms with Crippen molar-refractivity contribution < 1.29 is 4.79 Å². The van der Waals surface area contributed by atoms with Crippen molar-refractivity contribution in [1.82, 2.24) is 24.6 Å². The first-order valence-corrected chi connectivity index (χ1v) is 7.17. The Morgan fingerprint density at radius 2 is 2.38 bits per heavy atom. The van der Waals surface area contributed by atoms with Gasteiger partial charge >= 0.3 is 6.03 Å². The Hall–Kier alpha value is -2.31. The van der Waals surface area contributed by atoms with Gasteiger partial charge in [0, 0.05) is 50.7 Å². The van der Waals surface area contributed by atoms with E-state index in [4.69, 9.17) is 0 Å². The summed E-state index contributed by atoms with van der Waals surface area (Å²) in [5.74, 6) is 2.12. The van der Waals surface area contributed by atoms with Crippen molar-refractivity contribution in [3.8, 4) is 0 Å². The molecule has 0 bridgehead atoms. The first kappa shape index (κ1) is 13.7. The number of imidazole rings is 1. The zero-order valence-corrected chi connectivity index (χ0v) is 12.3. The number of hydrogen-bond donors (Lipinski definition) is 2. The quantitative estimate of drug-likeness (QED) is 0.894. The van der Waals surface area contributed by atoms with Crippen molar-refractivity contribution >= 4 is 11.8 Å². The molecule has 2 aromatic heterocycles. The summed E-state index contributed by atoms with van der Waals surface area (Å²) >= 11 is 0. The second-order valence-corrected chi connectivity index (χ2v) is 5.53. The number of rotatable bonds is 3. The molecule has 7 heteroatoms. The van der Waals surface area contributed by atoms with Crippen LogP contribution in [0.25, 0.3) is 0 Å². The monoisotopic (exact) mass is 288 g/mol. The maximum absolute atomic E-state index is 11.9. The van der Waals surface area contributed by atoms with E-state index < -0.39 is 0 Å². The zero-order chi connectivity index (χ0) is 14.8. The van der Waals surface area contributed by atoms with Gasteiger partial charge < -0.3 is 9.88 Å². The third-order valence-electron chi connectivity index (χ3n) is 3.96. The second kappa shape index (κ2) is 5.59. The molecule has 0 aliphatic carbocycles. The summed E-state index contributed by atoms with van der Waals surface area (Å²) in [5.41, 5.74) is 1.00. The van der Waals surface area contributed by atoms with Crippen LogP contribution >= 0.6 is 0 Å². The van der Waals surface area contributed by atoms with Crippen LogP contribution in [0.3, 0.4) is 0 Å². The number of nitrogens with zero attached hydrogens (tertiary/aromatic N) is 4. The lowest BCUT2D eigenvalue weighted by Gasteiger charge is -2.23. The van der Waals surface area contributed by atoms with Gasteiger partial charge in [-0.25, -0.2) is 9.78 Å². The summed E-state index contributed by atoms with van der Waals surface area (Å²) in [5, 5.41) is 9.87. The molecule has 0 saturated carbocycles. The van der Waals surface area contributed by atoms with Crippen molar-refractivity contribution in [3.63, 3.8) is 0 Å². The molecule has 21 heavy (non-hydrogen) atoms. The normalized spacial score (nSPS) is 17.3. The third-order valence-corrected chi connectivity index (χ3v) is 3.96. The Morgan fingerprint density at radius 1 is 1.52 bits per heavy atom. The van der Waals surface area contributed by atoms with Crippen LogP contribution in [0.1, 0.15) is 17.9 Å². The van der Waals surface area contributed by atoms with E-state index in [1.165, 1.54) is 0 Å². The smallest absolute Gasteiger partial charge is 0.320 e. The van der Waals surface area contributed by atoms with Crippen molar-refractivity contribution in [1.29, 1.82) is 0 Å². The summed E-state index contributed by atoms with van der Waals surface area (Å²) in [6.07, 6.45) is 5.82. The maximum Gasteiger partial charge on any atom is 0.320 e. The van der Waals surface area contributed by atoms with Gasteiger partial charge in [0.2, 0.25) is 0 Å². The number of amides is 2. The summed E-state index contributed by atoms with van der Waals surface area (Å²) in [6.45, 7) is 3.58. The first-order chi connectivity index (χ1) is 10.1. The standard InChI is InChI=1S/C14H20N6O/c1-10-7-12(18-19(10)2)17-14(21)16-9-11-3-5-20-6-4-15-13(20)8-11/h4,6-7,11H,3,5,8-9H2,1-2H3,(H2,16,17,18,21)/t11-/m0/s1. The van der Waals surface area contributed by atoms with Crippen LogP contribution < -0.4 is 10.6 Å². The molecule has 0 spiro atoms. The van der Waals surface area contributed by atoms with Gasteiger partial charge in [0.25, 0.3) is 0 Å². The lowest BCUT2D eigenvalue weighted by atomic mass is 9.98. The molecular weight excluding hydrogens is 268 g/mol. The summed E-state index contributed by atoms with van der Waals surface area (Å²) < 4.78 is 3.91. The Bertz CT molecular complexity index is 624. The van der Waals surface area contributed by atoms with Crippen LogP contribution in [-0.4, -0.2) is 31.9 Å². The van der Waals surface area contributed by atoms with Crippen molar-refractivity contribution in [2.24, 2.45) is 13.0 Å². The van der Waals surface area contributed by atoms with Crippen LogP contribution in [0.5, 0.6) is 0 Å². The molecule has 0 saturated heterocycles. The lowest BCUT2D eigenvalue weighted by Crippen LogP contribution is -2.35. The summed E-state index contributed by atoms with van der Waals surface area (Å²) in [4.78, 5) is 16.2. The van der Waals surface area contributed by atoms with Crippen molar-refractivity contribution in [2.45, 2.75) is 26.3 Å². The molecule has 7 nitrogen and oxygen atoms in total. The minimum atomic E-state index is -0.206. The number of fused-ring (bicyclic) bond motifs is 1. The number of carbonyl (C=O) groups excluding carboxylic acids is 1. The fourth-order valence-corrected chi connectivity index (χ4v) is 2.61. The predicted molar refractivity (Wildman–Crippen MR) is 79.0 cm³/mol. The minimum absolute atomic E-state index is 0.206. The van der Waals surface area contributed by atoms with Crippen LogP contribution in [0.15, 0.2) is 18.5 Å². The summed E-state index contributed by atoms with van der Waals surface area (Å²) in [7, 11) is 1.85. The number of aryl methyl sites for hydroxylation is 3. The zero-order valence-electron chi connectivity index (χ0n) is 12.3. The molecule has 2 N–H and O–H groups in total. The van der Waals surface area contributed by atoms with Crippen LogP contribution in [0.4, 0.5) is 10.6 Å². The molecule has 0 unspecified atom stereocenters. The van der Waals surface area contributed by atoms with Crippen molar-refractivity contribution in [3.05, 3.63) is 30.0 Å². The van der Waals surface area contributed by atoms with Gasteiger partial charge in [-0.1, -0.05) is 0 Å². The van der Waals surface area contributed by atoms with Gasteiger partial charge in [-0.3, -0.25) is 10.00 Å². The maximum atomic E-state index is 11.9. The van der Waals surface area contributed by atoms with E-state index in [2.05, 4.69) is 25.3 Å². The summed E-state index contributed by atoms with van der Waals surface area (Å²) in [6, 6.07) is 1.64. The van der Waals surface area contributed by atoms with Gasteiger partial charge in [-0.05, 0) is 19.3 Å². The van der Waals surface area contributed by atoms with E-state index in [1.54, 1.807) is 4.68 Å². The van der Waals surface area contributed by atoms with Crippen molar-refractivity contribution in [2.75, 3.05) is 11.9 Å². The van der Waals surface area contributed by atoms with E-state index in [0.717, 1.165) is 30.9 Å². The molecule has 1 aliphatic rings. The van der Waals surface area contributed by atoms with E-state index in [1.807, 2.05) is 32.4 Å². The predicted octanol–water partition coefficient (Wildman–Crippen LogP) is 1.31. The Labute approximate surface area is 123 Å². The Morgan fingerprint density at radius 3 is 3.14 bits per heavy atom. The van der Waals surface area contributed by atoms with Gasteiger partial charge in [0.15, 0.2) is 5.82 Å². The highest BCUT2D eigenvalue weighted by Crippen LogP contribution is 2.18. The number of urea groups is 1. The average molecular weight is 288 g/mol. The molecule has 3 heterocycles. The highest BCUT2D eigenvalue weighted by Gasteiger charge is 2.19. The SMILES string of the molecule is Cc1cc(NC(=O)NC[C@H]2CCn3ccnc3C2)nn1C. The highest BCUT2D eigenvalue weighted by molar-refractivity contribution is 5.88. The Kier molecular flexibility index (Phi) is 3.64.